The van der Waals surface area contributed by atoms with Crippen LogP contribution in [-0.4, -0.2) is 5.11 Å². The molecule has 1 aromatic carbocycles. The van der Waals surface area contributed by atoms with Crippen LogP contribution in [0.1, 0.15) is 48.9 Å². The van der Waals surface area contributed by atoms with Gasteiger partial charge in [-0.3, -0.25) is 0 Å². The third kappa shape index (κ3) is 1.30. The van der Waals surface area contributed by atoms with Gasteiger partial charge in [0.15, 0.2) is 0 Å². The molecular formula is C12H17NO. The molecule has 1 atom stereocenters. The number of rotatable bonds is 1. The number of fused-ring (bicyclic) bond motifs is 1. The van der Waals surface area contributed by atoms with Crippen molar-refractivity contribution in [1.29, 1.82) is 0 Å². The fourth-order valence-electron chi connectivity index (χ4n) is 2.20. The Bertz CT molecular complexity index is 358. The zero-order chi connectivity index (χ0) is 10.3. The van der Waals surface area contributed by atoms with Crippen LogP contribution in [0.25, 0.3) is 0 Å². The molecule has 0 aliphatic heterocycles. The Labute approximate surface area is 84.7 Å². The van der Waals surface area contributed by atoms with Gasteiger partial charge in [-0.2, -0.15) is 0 Å². The maximum absolute atomic E-state index is 10.0. The van der Waals surface area contributed by atoms with Crippen LogP contribution in [0, 0.1) is 0 Å². The van der Waals surface area contributed by atoms with Crippen molar-refractivity contribution in [3.05, 3.63) is 28.8 Å². The van der Waals surface area contributed by atoms with E-state index in [0.717, 1.165) is 29.5 Å². The fraction of sp³-hybridized carbons (Fsp3) is 0.500. The first-order valence-electron chi connectivity index (χ1n) is 5.21. The monoisotopic (exact) mass is 191 g/mol. The predicted octanol–water partition coefficient (Wildman–Crippen LogP) is 2.46. The highest BCUT2D eigenvalue weighted by atomic mass is 16.3. The van der Waals surface area contributed by atoms with Crippen molar-refractivity contribution in [1.82, 2.24) is 0 Å². The van der Waals surface area contributed by atoms with Gasteiger partial charge in [0.2, 0.25) is 0 Å². The van der Waals surface area contributed by atoms with Gasteiger partial charge in [0, 0.05) is 6.04 Å². The number of benzene rings is 1. The molecule has 0 aromatic heterocycles. The fourth-order valence-corrected chi connectivity index (χ4v) is 2.20. The summed E-state index contributed by atoms with van der Waals surface area (Å²) in [4.78, 5) is 0. The highest BCUT2D eigenvalue weighted by Gasteiger charge is 2.23. The van der Waals surface area contributed by atoms with E-state index in [9.17, 15) is 5.11 Å². The molecule has 2 nitrogen and oxygen atoms in total. The molecule has 1 aliphatic carbocycles. The molecule has 76 valence electrons. The second-order valence-electron chi connectivity index (χ2n) is 4.37. The van der Waals surface area contributed by atoms with E-state index in [1.807, 2.05) is 6.07 Å². The minimum Gasteiger partial charge on any atom is -0.507 e. The molecule has 0 saturated carbocycles. The minimum absolute atomic E-state index is 0.122. The van der Waals surface area contributed by atoms with E-state index in [1.165, 1.54) is 0 Å². The molecular weight excluding hydrogens is 174 g/mol. The van der Waals surface area contributed by atoms with Crippen molar-refractivity contribution in [3.8, 4) is 5.75 Å². The SMILES string of the molecule is CC(C)c1ccc2c(c1O)CC[C@@H]2N. The lowest BCUT2D eigenvalue weighted by Gasteiger charge is -2.13. The first-order chi connectivity index (χ1) is 6.61. The standard InChI is InChI=1S/C12H17NO/c1-7(2)8-3-4-9-10(12(8)14)5-6-11(9)13/h3-4,7,11,14H,5-6,13H2,1-2H3/t11-/m0/s1. The maximum atomic E-state index is 10.0. The molecule has 0 radical (unpaired) electrons. The number of phenolic OH excluding ortho intramolecular Hbond substituents is 1. The Morgan fingerprint density at radius 1 is 1.43 bits per heavy atom. The summed E-state index contributed by atoms with van der Waals surface area (Å²) in [6.07, 6.45) is 1.88. The molecule has 2 rings (SSSR count). The van der Waals surface area contributed by atoms with Crippen molar-refractivity contribution in [2.24, 2.45) is 5.73 Å². The lowest BCUT2D eigenvalue weighted by atomic mass is 9.96. The largest absolute Gasteiger partial charge is 0.507 e. The van der Waals surface area contributed by atoms with E-state index < -0.39 is 0 Å². The average molecular weight is 191 g/mol. The topological polar surface area (TPSA) is 46.2 Å². The summed E-state index contributed by atoms with van der Waals surface area (Å²) in [7, 11) is 0. The summed E-state index contributed by atoms with van der Waals surface area (Å²) in [5.41, 5.74) is 9.17. The number of hydrogen-bond donors (Lipinski definition) is 2. The molecule has 1 aliphatic rings. The van der Waals surface area contributed by atoms with Gasteiger partial charge in [-0.1, -0.05) is 26.0 Å². The van der Waals surface area contributed by atoms with Gasteiger partial charge in [-0.15, -0.1) is 0 Å². The lowest BCUT2D eigenvalue weighted by Crippen LogP contribution is -2.05. The van der Waals surface area contributed by atoms with Crippen molar-refractivity contribution in [2.75, 3.05) is 0 Å². The van der Waals surface area contributed by atoms with Crippen LogP contribution in [0.3, 0.4) is 0 Å². The molecule has 0 bridgehead atoms. The van der Waals surface area contributed by atoms with Crippen molar-refractivity contribution < 1.29 is 5.11 Å². The van der Waals surface area contributed by atoms with Gasteiger partial charge in [0.25, 0.3) is 0 Å². The summed E-state index contributed by atoms with van der Waals surface area (Å²) in [5, 5.41) is 10.0. The van der Waals surface area contributed by atoms with E-state index in [4.69, 9.17) is 5.73 Å². The Morgan fingerprint density at radius 2 is 2.14 bits per heavy atom. The predicted molar refractivity (Wildman–Crippen MR) is 57.4 cm³/mol. The van der Waals surface area contributed by atoms with Crippen molar-refractivity contribution >= 4 is 0 Å². The molecule has 0 heterocycles. The number of phenols is 1. The molecule has 0 saturated heterocycles. The highest BCUT2D eigenvalue weighted by Crippen LogP contribution is 2.39. The Balaban J connectivity index is 2.53. The Hall–Kier alpha value is -1.02. The molecule has 0 unspecified atom stereocenters. The minimum atomic E-state index is 0.122. The van der Waals surface area contributed by atoms with Gasteiger partial charge in [0.05, 0.1) is 0 Å². The lowest BCUT2D eigenvalue weighted by molar-refractivity contribution is 0.458. The van der Waals surface area contributed by atoms with E-state index >= 15 is 0 Å². The first kappa shape index (κ1) is 9.53. The zero-order valence-electron chi connectivity index (χ0n) is 8.75. The average Bonchev–Trinajstić information content (AvgIpc) is 2.49. The molecule has 0 spiro atoms. The molecule has 1 aromatic rings. The maximum Gasteiger partial charge on any atom is 0.122 e. The summed E-state index contributed by atoms with van der Waals surface area (Å²) < 4.78 is 0. The van der Waals surface area contributed by atoms with Gasteiger partial charge in [-0.05, 0) is 35.4 Å². The molecule has 0 fully saturated rings. The van der Waals surface area contributed by atoms with Crippen LogP contribution in [0.4, 0.5) is 0 Å². The van der Waals surface area contributed by atoms with Crippen molar-refractivity contribution in [2.45, 2.75) is 38.6 Å². The van der Waals surface area contributed by atoms with Crippen LogP contribution >= 0.6 is 0 Å². The zero-order valence-corrected chi connectivity index (χ0v) is 8.75. The summed E-state index contributed by atoms with van der Waals surface area (Å²) in [5.74, 6) is 0.850. The summed E-state index contributed by atoms with van der Waals surface area (Å²) in [6.45, 7) is 4.19. The molecule has 2 heteroatoms. The second kappa shape index (κ2) is 3.28. The third-order valence-corrected chi connectivity index (χ3v) is 3.08. The van der Waals surface area contributed by atoms with Crippen LogP contribution < -0.4 is 5.73 Å². The van der Waals surface area contributed by atoms with Crippen LogP contribution in [0.15, 0.2) is 12.1 Å². The van der Waals surface area contributed by atoms with Crippen LogP contribution in [0.2, 0.25) is 0 Å². The number of hydrogen-bond acceptors (Lipinski definition) is 2. The van der Waals surface area contributed by atoms with Gasteiger partial charge in [-0.25, -0.2) is 0 Å². The third-order valence-electron chi connectivity index (χ3n) is 3.08. The smallest absolute Gasteiger partial charge is 0.122 e. The molecule has 14 heavy (non-hydrogen) atoms. The highest BCUT2D eigenvalue weighted by molar-refractivity contribution is 5.50. The Kier molecular flexibility index (Phi) is 2.23. The quantitative estimate of drug-likeness (QED) is 0.716. The first-order valence-corrected chi connectivity index (χ1v) is 5.21. The summed E-state index contributed by atoms with van der Waals surface area (Å²) in [6, 6.07) is 4.20. The van der Waals surface area contributed by atoms with Gasteiger partial charge in [0.1, 0.15) is 5.75 Å². The number of aromatic hydroxyl groups is 1. The number of nitrogens with two attached hydrogens (primary N) is 1. The van der Waals surface area contributed by atoms with E-state index in [-0.39, 0.29) is 6.04 Å². The molecule has 0 amide bonds. The van der Waals surface area contributed by atoms with E-state index in [2.05, 4.69) is 19.9 Å². The second-order valence-corrected chi connectivity index (χ2v) is 4.37. The molecule has 3 N–H and O–H groups in total. The van der Waals surface area contributed by atoms with E-state index in [0.29, 0.717) is 11.7 Å². The van der Waals surface area contributed by atoms with Gasteiger partial charge < -0.3 is 10.8 Å². The summed E-state index contributed by atoms with van der Waals surface area (Å²) >= 11 is 0. The Morgan fingerprint density at radius 3 is 2.79 bits per heavy atom. The van der Waals surface area contributed by atoms with Crippen LogP contribution in [-0.2, 0) is 6.42 Å². The van der Waals surface area contributed by atoms with Crippen molar-refractivity contribution in [3.63, 3.8) is 0 Å². The normalized spacial score (nSPS) is 20.1. The van der Waals surface area contributed by atoms with Crippen LogP contribution in [0.5, 0.6) is 5.75 Å². The van der Waals surface area contributed by atoms with Gasteiger partial charge >= 0.3 is 0 Å². The van der Waals surface area contributed by atoms with E-state index in [1.54, 1.807) is 0 Å².